The lowest BCUT2D eigenvalue weighted by molar-refractivity contribution is -0.117. The number of rotatable bonds is 3. The molecule has 1 aliphatic rings. The van der Waals surface area contributed by atoms with Gasteiger partial charge in [0, 0.05) is 36.3 Å². The van der Waals surface area contributed by atoms with Gasteiger partial charge in [0.05, 0.1) is 23.1 Å². The minimum Gasteiger partial charge on any atom is -0.297 e. The molecule has 0 aromatic carbocycles. The highest BCUT2D eigenvalue weighted by Crippen LogP contribution is 2.29. The monoisotopic (exact) mass is 356 g/mol. The second-order valence-corrected chi connectivity index (χ2v) is 6.46. The molecule has 5 rings (SSSR count). The number of nitrogens with one attached hydrogen (secondary N) is 1. The fraction of sp³-hybridized carbons (Fsp3) is 0.150. The van der Waals surface area contributed by atoms with Gasteiger partial charge in [0.1, 0.15) is 11.5 Å². The molecule has 0 unspecified atom stereocenters. The number of carbonyl (C=O) groups excluding carboxylic acids is 1. The lowest BCUT2D eigenvalue weighted by atomic mass is 10.1. The third-order valence-electron chi connectivity index (χ3n) is 4.73. The zero-order chi connectivity index (χ0) is 18.2. The van der Waals surface area contributed by atoms with E-state index in [1.54, 1.807) is 23.5 Å². The first-order valence-corrected chi connectivity index (χ1v) is 8.82. The number of pyridine rings is 3. The number of nitrogens with zero attached hydrogens (tertiary/aromatic N) is 5. The van der Waals surface area contributed by atoms with E-state index in [9.17, 15) is 4.79 Å². The van der Waals surface area contributed by atoms with Gasteiger partial charge in [-0.2, -0.15) is 5.10 Å². The maximum Gasteiger partial charge on any atom is 0.228 e. The van der Waals surface area contributed by atoms with Crippen molar-refractivity contribution < 1.29 is 4.79 Å². The second-order valence-electron chi connectivity index (χ2n) is 6.46. The first-order chi connectivity index (χ1) is 13.3. The Morgan fingerprint density at radius 2 is 2.04 bits per heavy atom. The molecule has 0 bridgehead atoms. The summed E-state index contributed by atoms with van der Waals surface area (Å²) in [5.74, 6) is 0.794. The van der Waals surface area contributed by atoms with Crippen molar-refractivity contribution in [1.29, 1.82) is 0 Å². The van der Waals surface area contributed by atoms with Crippen molar-refractivity contribution >= 4 is 22.6 Å². The number of amides is 1. The molecule has 7 nitrogen and oxygen atoms in total. The third-order valence-corrected chi connectivity index (χ3v) is 4.73. The summed E-state index contributed by atoms with van der Waals surface area (Å²) in [6.07, 6.45) is 6.74. The van der Waals surface area contributed by atoms with Gasteiger partial charge >= 0.3 is 0 Å². The molecule has 0 atom stereocenters. The van der Waals surface area contributed by atoms with Crippen LogP contribution in [0.3, 0.4) is 0 Å². The van der Waals surface area contributed by atoms with Crippen LogP contribution >= 0.6 is 0 Å². The summed E-state index contributed by atoms with van der Waals surface area (Å²) in [5.41, 5.74) is 4.06. The Kier molecular flexibility index (Phi) is 3.64. The van der Waals surface area contributed by atoms with Crippen LogP contribution in [0.1, 0.15) is 12.8 Å². The van der Waals surface area contributed by atoms with E-state index in [2.05, 4.69) is 20.2 Å². The van der Waals surface area contributed by atoms with Gasteiger partial charge in [0.15, 0.2) is 0 Å². The van der Waals surface area contributed by atoms with E-state index in [0.29, 0.717) is 18.8 Å². The molecule has 4 aromatic rings. The smallest absolute Gasteiger partial charge is 0.228 e. The molecule has 132 valence electrons. The maximum atomic E-state index is 12.0. The highest BCUT2D eigenvalue weighted by Gasteiger charge is 2.23. The molecule has 1 amide bonds. The van der Waals surface area contributed by atoms with Gasteiger partial charge in [-0.15, -0.1) is 0 Å². The summed E-state index contributed by atoms with van der Waals surface area (Å²) in [7, 11) is 0. The number of fused-ring (bicyclic) bond motifs is 1. The maximum absolute atomic E-state index is 12.0. The molecular weight excluding hydrogens is 340 g/mol. The van der Waals surface area contributed by atoms with Gasteiger partial charge in [0.25, 0.3) is 0 Å². The molecule has 4 aromatic heterocycles. The Labute approximate surface area is 155 Å². The van der Waals surface area contributed by atoms with Gasteiger partial charge < -0.3 is 0 Å². The predicted octanol–water partition coefficient (Wildman–Crippen LogP) is 3.21. The van der Waals surface area contributed by atoms with Gasteiger partial charge in [-0.05, 0) is 36.8 Å². The highest BCUT2D eigenvalue weighted by atomic mass is 16.2. The molecule has 1 aliphatic heterocycles. The largest absolute Gasteiger partial charge is 0.297 e. The molecule has 27 heavy (non-hydrogen) atoms. The standard InChI is InChI=1S/C20H16N6O/c27-19-7-3-9-26(19)18-6-1-5-15(23-18)20-14-10-16(13-4-2-8-21-11-13)22-12-17(14)24-25-20/h1-2,4-6,8,10-12H,3,7,9H2,(H,24,25). The van der Waals surface area contributed by atoms with Crippen molar-refractivity contribution in [1.82, 2.24) is 25.1 Å². The zero-order valence-corrected chi connectivity index (χ0v) is 14.5. The van der Waals surface area contributed by atoms with E-state index in [-0.39, 0.29) is 5.91 Å². The third kappa shape index (κ3) is 2.73. The Morgan fingerprint density at radius 3 is 2.85 bits per heavy atom. The zero-order valence-electron chi connectivity index (χ0n) is 14.5. The number of hydrogen-bond donors (Lipinski definition) is 1. The number of carbonyl (C=O) groups is 1. The molecule has 0 spiro atoms. The van der Waals surface area contributed by atoms with E-state index >= 15 is 0 Å². The minimum absolute atomic E-state index is 0.120. The highest BCUT2D eigenvalue weighted by molar-refractivity contribution is 5.96. The van der Waals surface area contributed by atoms with Crippen LogP contribution in [0.25, 0.3) is 33.5 Å². The summed E-state index contributed by atoms with van der Waals surface area (Å²) >= 11 is 0. The fourth-order valence-electron chi connectivity index (χ4n) is 3.38. The number of H-pyrrole nitrogens is 1. The van der Waals surface area contributed by atoms with Gasteiger partial charge in [-0.25, -0.2) is 4.98 Å². The lowest BCUT2D eigenvalue weighted by Gasteiger charge is -2.14. The number of aromatic nitrogens is 5. The van der Waals surface area contributed by atoms with E-state index in [1.165, 1.54) is 0 Å². The van der Waals surface area contributed by atoms with E-state index in [1.807, 2.05) is 36.4 Å². The molecule has 0 radical (unpaired) electrons. The molecule has 7 heteroatoms. The predicted molar refractivity (Wildman–Crippen MR) is 102 cm³/mol. The van der Waals surface area contributed by atoms with Crippen LogP contribution < -0.4 is 4.90 Å². The second kappa shape index (κ2) is 6.28. The van der Waals surface area contributed by atoms with Crippen LogP contribution in [0.4, 0.5) is 5.82 Å². The molecule has 1 N–H and O–H groups in total. The van der Waals surface area contributed by atoms with Crippen molar-refractivity contribution in [2.45, 2.75) is 12.8 Å². The minimum atomic E-state index is 0.120. The first-order valence-electron chi connectivity index (χ1n) is 8.82. The fourth-order valence-corrected chi connectivity index (χ4v) is 3.38. The molecule has 1 fully saturated rings. The van der Waals surface area contributed by atoms with Crippen molar-refractivity contribution in [3.8, 4) is 22.6 Å². The van der Waals surface area contributed by atoms with Crippen LogP contribution in [-0.4, -0.2) is 37.6 Å². The van der Waals surface area contributed by atoms with Crippen molar-refractivity contribution in [2.24, 2.45) is 0 Å². The van der Waals surface area contributed by atoms with Crippen LogP contribution in [0, 0.1) is 0 Å². The van der Waals surface area contributed by atoms with E-state index in [0.717, 1.165) is 40.0 Å². The van der Waals surface area contributed by atoms with Crippen LogP contribution in [0.2, 0.25) is 0 Å². The Balaban J connectivity index is 1.60. The average Bonchev–Trinajstić information content (AvgIpc) is 3.34. The first kappa shape index (κ1) is 15.6. The summed E-state index contributed by atoms with van der Waals surface area (Å²) in [6.45, 7) is 0.714. The quantitative estimate of drug-likeness (QED) is 0.609. The summed E-state index contributed by atoms with van der Waals surface area (Å²) in [5, 5.41) is 8.39. The molecule has 0 aliphatic carbocycles. The number of aromatic amines is 1. The lowest BCUT2D eigenvalue weighted by Crippen LogP contribution is -2.24. The van der Waals surface area contributed by atoms with E-state index < -0.39 is 0 Å². The van der Waals surface area contributed by atoms with Crippen LogP contribution in [0.5, 0.6) is 0 Å². The summed E-state index contributed by atoms with van der Waals surface area (Å²) in [4.78, 5) is 27.1. The summed E-state index contributed by atoms with van der Waals surface area (Å²) in [6, 6.07) is 11.5. The van der Waals surface area contributed by atoms with Crippen LogP contribution in [0.15, 0.2) is 55.0 Å². The molecule has 1 saturated heterocycles. The normalized spacial score (nSPS) is 14.2. The van der Waals surface area contributed by atoms with E-state index in [4.69, 9.17) is 4.98 Å². The topological polar surface area (TPSA) is 87.7 Å². The Morgan fingerprint density at radius 1 is 1.07 bits per heavy atom. The van der Waals surface area contributed by atoms with Crippen molar-refractivity contribution in [2.75, 3.05) is 11.4 Å². The molecule has 5 heterocycles. The SMILES string of the molecule is O=C1CCCN1c1cccc(-c2n[nH]c3cnc(-c4cccnc4)cc23)n1. The van der Waals surface area contributed by atoms with Crippen LogP contribution in [-0.2, 0) is 4.79 Å². The Hall–Kier alpha value is -3.61. The van der Waals surface area contributed by atoms with Gasteiger partial charge in [-0.1, -0.05) is 6.07 Å². The number of hydrogen-bond acceptors (Lipinski definition) is 5. The van der Waals surface area contributed by atoms with Crippen molar-refractivity contribution in [3.05, 3.63) is 55.0 Å². The molecular formula is C20H16N6O. The average molecular weight is 356 g/mol. The van der Waals surface area contributed by atoms with Gasteiger partial charge in [0.2, 0.25) is 5.91 Å². The summed E-state index contributed by atoms with van der Waals surface area (Å²) < 4.78 is 0. The van der Waals surface area contributed by atoms with Crippen molar-refractivity contribution in [3.63, 3.8) is 0 Å². The Bertz CT molecular complexity index is 1140. The number of anilines is 1. The molecule has 0 saturated carbocycles. The van der Waals surface area contributed by atoms with Gasteiger partial charge in [-0.3, -0.25) is 24.8 Å².